The molecule has 3 amide bonds. The van der Waals surface area contributed by atoms with Gasteiger partial charge in [0.25, 0.3) is 11.6 Å². The molecule has 2 saturated heterocycles. The number of hydrogen-bond acceptors (Lipinski definition) is 7. The van der Waals surface area contributed by atoms with Gasteiger partial charge in [0.15, 0.2) is 0 Å². The van der Waals surface area contributed by atoms with Crippen molar-refractivity contribution in [3.8, 4) is 0 Å². The minimum atomic E-state index is -0.432. The first-order valence-corrected chi connectivity index (χ1v) is 14.9. The van der Waals surface area contributed by atoms with Gasteiger partial charge in [-0.1, -0.05) is 18.2 Å². The summed E-state index contributed by atoms with van der Waals surface area (Å²) in [5.74, 6) is -0.0643. The van der Waals surface area contributed by atoms with E-state index in [0.717, 1.165) is 24.1 Å². The Morgan fingerprint density at radius 1 is 1.02 bits per heavy atom. The van der Waals surface area contributed by atoms with Crippen LogP contribution in [0.3, 0.4) is 0 Å². The lowest BCUT2D eigenvalue weighted by atomic mass is 9.93. The first-order chi connectivity index (χ1) is 20.3. The van der Waals surface area contributed by atoms with Crippen LogP contribution in [0.4, 0.5) is 21.9 Å². The topological polar surface area (TPSA) is 117 Å². The van der Waals surface area contributed by atoms with Gasteiger partial charge in [-0.15, -0.1) is 0 Å². The van der Waals surface area contributed by atoms with Gasteiger partial charge < -0.3 is 19.4 Å². The molecule has 0 spiro atoms. The fourth-order valence-electron chi connectivity index (χ4n) is 6.51. The lowest BCUT2D eigenvalue weighted by Crippen LogP contribution is -2.49. The molecule has 11 heteroatoms. The molecule has 2 fully saturated rings. The van der Waals surface area contributed by atoms with Crippen LogP contribution in [0, 0.1) is 16.0 Å². The number of rotatable bonds is 8. The van der Waals surface area contributed by atoms with Crippen molar-refractivity contribution in [2.75, 3.05) is 49.1 Å². The van der Waals surface area contributed by atoms with E-state index in [1.54, 1.807) is 21.9 Å². The molecular formula is C31H39N5O6. The minimum absolute atomic E-state index is 0.0734. The predicted octanol–water partition coefficient (Wildman–Crippen LogP) is 4.83. The van der Waals surface area contributed by atoms with E-state index in [4.69, 9.17) is 4.74 Å². The number of nitro groups is 1. The van der Waals surface area contributed by atoms with Gasteiger partial charge >= 0.3 is 6.09 Å². The van der Waals surface area contributed by atoms with E-state index in [0.29, 0.717) is 64.2 Å². The molecule has 2 aromatic rings. The highest BCUT2D eigenvalue weighted by Gasteiger charge is 2.36. The number of cyclic esters (lactones) is 1. The Labute approximate surface area is 246 Å². The lowest BCUT2D eigenvalue weighted by molar-refractivity contribution is -0.384. The summed E-state index contributed by atoms with van der Waals surface area (Å²) in [6.45, 7) is 7.60. The maximum absolute atomic E-state index is 13.4. The van der Waals surface area contributed by atoms with Crippen molar-refractivity contribution in [1.29, 1.82) is 0 Å². The smallest absolute Gasteiger partial charge is 0.414 e. The number of anilines is 2. The number of ether oxygens (including phenoxy) is 1. The molecule has 0 saturated carbocycles. The van der Waals surface area contributed by atoms with Crippen LogP contribution >= 0.6 is 0 Å². The maximum Gasteiger partial charge on any atom is 0.414 e. The highest BCUT2D eigenvalue weighted by Crippen LogP contribution is 2.36. The molecule has 1 atom stereocenters. The number of benzene rings is 2. The summed E-state index contributed by atoms with van der Waals surface area (Å²) >= 11 is 0. The van der Waals surface area contributed by atoms with E-state index in [-0.39, 0.29) is 47.7 Å². The summed E-state index contributed by atoms with van der Waals surface area (Å²) in [4.78, 5) is 57.6. The summed E-state index contributed by atoms with van der Waals surface area (Å²) in [5, 5.41) is 12.1. The number of hydrogen-bond donors (Lipinski definition) is 0. The zero-order chi connectivity index (χ0) is 29.8. The second-order valence-corrected chi connectivity index (χ2v) is 11.3. The first kappa shape index (κ1) is 29.3. The third-order valence-corrected chi connectivity index (χ3v) is 8.77. The standard InChI is InChI=1S/C31H39N5O6/c1-3-32(4-2)29(37)18-22-8-7-15-34(20-22)30(38)23-11-12-27(28(19-23)36(40)41)33-16-13-25(14-17-33)35-26-10-6-5-9-24(26)21-42-31(35)39/h5-6,9-12,19,22,25H,3-4,7-8,13-18,20-21H2,1-2H3. The predicted molar refractivity (Wildman–Crippen MR) is 159 cm³/mol. The fourth-order valence-corrected chi connectivity index (χ4v) is 6.51. The van der Waals surface area contributed by atoms with Crippen LogP contribution in [0.15, 0.2) is 42.5 Å². The number of para-hydroxylation sites is 1. The molecule has 1 unspecified atom stereocenters. The zero-order valence-corrected chi connectivity index (χ0v) is 24.4. The van der Waals surface area contributed by atoms with Gasteiger partial charge in [0.2, 0.25) is 5.91 Å². The average molecular weight is 578 g/mol. The second-order valence-electron chi connectivity index (χ2n) is 11.3. The molecule has 0 aromatic heterocycles. The Kier molecular flexibility index (Phi) is 8.94. The molecule has 5 rings (SSSR count). The number of likely N-dealkylation sites (tertiary alicyclic amines) is 1. The van der Waals surface area contributed by atoms with Crippen LogP contribution in [-0.2, 0) is 16.1 Å². The molecule has 0 N–H and O–H groups in total. The van der Waals surface area contributed by atoms with Gasteiger partial charge in [-0.25, -0.2) is 4.79 Å². The minimum Gasteiger partial charge on any atom is -0.444 e. The van der Waals surface area contributed by atoms with Crippen LogP contribution in [0.5, 0.6) is 0 Å². The van der Waals surface area contributed by atoms with E-state index < -0.39 is 4.92 Å². The van der Waals surface area contributed by atoms with Crippen molar-refractivity contribution in [2.24, 2.45) is 5.92 Å². The summed E-state index contributed by atoms with van der Waals surface area (Å²) in [5.41, 5.74) is 2.47. The summed E-state index contributed by atoms with van der Waals surface area (Å²) in [6.07, 6.45) is 2.98. The van der Waals surface area contributed by atoms with Crippen molar-refractivity contribution < 1.29 is 24.0 Å². The first-order valence-electron chi connectivity index (χ1n) is 14.9. The Bertz CT molecular complexity index is 1340. The van der Waals surface area contributed by atoms with Gasteiger partial charge in [-0.2, -0.15) is 0 Å². The Balaban J connectivity index is 1.26. The van der Waals surface area contributed by atoms with Crippen LogP contribution in [0.25, 0.3) is 0 Å². The Hall–Kier alpha value is -4.15. The van der Waals surface area contributed by atoms with Gasteiger partial charge in [-0.3, -0.25) is 24.6 Å². The molecule has 3 aliphatic heterocycles. The van der Waals surface area contributed by atoms with Crippen molar-refractivity contribution in [3.63, 3.8) is 0 Å². The number of carbonyl (C=O) groups excluding carboxylic acids is 3. The third kappa shape index (κ3) is 6.05. The van der Waals surface area contributed by atoms with Crippen LogP contribution in [0.1, 0.15) is 61.9 Å². The highest BCUT2D eigenvalue weighted by molar-refractivity contribution is 5.96. The Morgan fingerprint density at radius 2 is 1.76 bits per heavy atom. The quantitative estimate of drug-likeness (QED) is 0.326. The normalized spacial score (nSPS) is 19.2. The second kappa shape index (κ2) is 12.8. The largest absolute Gasteiger partial charge is 0.444 e. The van der Waals surface area contributed by atoms with Gasteiger partial charge in [0, 0.05) is 68.9 Å². The molecule has 3 heterocycles. The average Bonchev–Trinajstić information content (AvgIpc) is 3.01. The van der Waals surface area contributed by atoms with Crippen molar-refractivity contribution in [1.82, 2.24) is 9.80 Å². The summed E-state index contributed by atoms with van der Waals surface area (Å²) in [7, 11) is 0. The van der Waals surface area contributed by atoms with E-state index >= 15 is 0 Å². The molecular weight excluding hydrogens is 538 g/mol. The van der Waals surface area contributed by atoms with Crippen LogP contribution in [0.2, 0.25) is 0 Å². The fraction of sp³-hybridized carbons (Fsp3) is 0.516. The summed E-state index contributed by atoms with van der Waals surface area (Å²) < 4.78 is 5.39. The van der Waals surface area contributed by atoms with E-state index in [2.05, 4.69) is 0 Å². The SMILES string of the molecule is CCN(CC)C(=O)CC1CCCN(C(=O)c2ccc(N3CCC(N4C(=O)OCc5ccccc54)CC3)c([N+](=O)[O-])c2)C1. The number of nitro benzene ring substituents is 1. The zero-order valence-electron chi connectivity index (χ0n) is 24.4. The van der Waals surface area contributed by atoms with Gasteiger partial charge in [-0.05, 0) is 63.6 Å². The van der Waals surface area contributed by atoms with Crippen molar-refractivity contribution >= 4 is 35.0 Å². The summed E-state index contributed by atoms with van der Waals surface area (Å²) in [6, 6.07) is 12.3. The Morgan fingerprint density at radius 3 is 2.48 bits per heavy atom. The molecule has 2 aromatic carbocycles. The van der Waals surface area contributed by atoms with Gasteiger partial charge in [0.05, 0.1) is 10.6 Å². The van der Waals surface area contributed by atoms with E-state index in [1.807, 2.05) is 47.9 Å². The molecule has 0 radical (unpaired) electrons. The number of fused-ring (bicyclic) bond motifs is 1. The van der Waals surface area contributed by atoms with Crippen LogP contribution in [-0.4, -0.2) is 77.9 Å². The molecule has 0 aliphatic carbocycles. The highest BCUT2D eigenvalue weighted by atomic mass is 16.6. The number of nitrogens with zero attached hydrogens (tertiary/aromatic N) is 5. The van der Waals surface area contributed by atoms with E-state index in [1.165, 1.54) is 6.07 Å². The van der Waals surface area contributed by atoms with Crippen molar-refractivity contribution in [2.45, 2.75) is 58.6 Å². The number of carbonyl (C=O) groups is 3. The molecule has 3 aliphatic rings. The van der Waals surface area contributed by atoms with E-state index in [9.17, 15) is 24.5 Å². The van der Waals surface area contributed by atoms with Crippen LogP contribution < -0.4 is 9.80 Å². The number of amides is 3. The molecule has 224 valence electrons. The van der Waals surface area contributed by atoms with Gasteiger partial charge in [0.1, 0.15) is 12.3 Å². The molecule has 0 bridgehead atoms. The monoisotopic (exact) mass is 577 g/mol. The molecule has 42 heavy (non-hydrogen) atoms. The maximum atomic E-state index is 13.4. The number of piperidine rings is 2. The molecule has 11 nitrogen and oxygen atoms in total. The van der Waals surface area contributed by atoms with Crippen molar-refractivity contribution in [3.05, 3.63) is 63.7 Å². The third-order valence-electron chi connectivity index (χ3n) is 8.77. The lowest BCUT2D eigenvalue weighted by Gasteiger charge is -2.40.